The second-order valence-electron chi connectivity index (χ2n) is 31.8. The van der Waals surface area contributed by atoms with Gasteiger partial charge in [0.15, 0.2) is 5.84 Å². The van der Waals surface area contributed by atoms with Crippen LogP contribution in [-0.2, 0) is 0 Å². The molecule has 6 heterocycles. The number of aliphatic imine (C=N–C) groups is 2. The first kappa shape index (κ1) is 69.4. The summed E-state index contributed by atoms with van der Waals surface area (Å²) in [4.78, 5) is 10.6. The second kappa shape index (κ2) is 27.9. The predicted molar refractivity (Wildman–Crippen MR) is 510 cm³/mol. The summed E-state index contributed by atoms with van der Waals surface area (Å²) in [5, 5.41) is 14.5. The molecule has 0 aliphatic heterocycles. The molecule has 18 aromatic carbocycles. The molecule has 0 fully saturated rings. The zero-order chi connectivity index (χ0) is 79.9. The SMILES string of the molecule is CCC(=NC(=NC)c1cccc(-n2c3cc(-c4ccc5c(c4)c4ccccc4n5-c4ccccc4)ccc3c3ccc(-c4ccc5c(c4)c4ccccc4n5-c4ccccc4)cc32)c1)c1ccc(-n2c3cc(-c4ccc5c(c4)c4ccccc4n5-c4ccccc4)ccc3c3ccc(-c4ccc5c(c4)c4ccccc4n5-c4ccccc4)cc32)cc1. The number of para-hydroxylation sites is 8. The highest BCUT2D eigenvalue weighted by atomic mass is 15.0. The Kier molecular flexibility index (Phi) is 16.0. The largest absolute Gasteiger partial charge is 0.309 e. The van der Waals surface area contributed by atoms with E-state index < -0.39 is 0 Å². The average molecular weight is 1550 g/mol. The van der Waals surface area contributed by atoms with Gasteiger partial charge in [-0.1, -0.05) is 250 Å². The van der Waals surface area contributed by atoms with Crippen molar-refractivity contribution in [1.82, 2.24) is 27.4 Å². The van der Waals surface area contributed by atoms with Crippen LogP contribution in [0.2, 0.25) is 0 Å². The van der Waals surface area contributed by atoms with E-state index in [4.69, 9.17) is 9.98 Å². The lowest BCUT2D eigenvalue weighted by atomic mass is 10.00. The van der Waals surface area contributed by atoms with E-state index in [0.29, 0.717) is 12.3 Å². The molecule has 6 aromatic heterocycles. The molecule has 24 rings (SSSR count). The van der Waals surface area contributed by atoms with Gasteiger partial charge < -0.3 is 27.4 Å². The number of amidine groups is 1. The number of hydrogen-bond acceptors (Lipinski definition) is 1. The van der Waals surface area contributed by atoms with Gasteiger partial charge in [-0.2, -0.15) is 0 Å². The minimum Gasteiger partial charge on any atom is -0.309 e. The standard InChI is InChI=1S/C113H76N8/c1-3-100(72-43-53-86(54-44-72)120-109-68-77(73-49-59-105-96(64-73)88-35-16-20-39-101(88)116(105)82-26-8-4-9-27-82)45-55-92(109)93-56-46-78(69-110(93)120)74-50-60-106-97(65-74)89-36-17-21-40-102(89)117(106)83-28-10-5-11-29-83)115-113(114-2)81-25-24-34-87(63-81)121-111-70-79(75-51-61-107-98(66-75)90-37-18-22-41-103(90)118(107)84-30-12-6-13-31-84)47-57-94(111)95-58-48-80(71-112(95)121)76-52-62-108-99(67-76)91-38-19-23-42-104(91)119(108)85-32-14-7-15-33-85/h4-71H,3H2,1-2H3. The normalized spacial score (nSPS) is 12.3. The van der Waals surface area contributed by atoms with Gasteiger partial charge in [-0.05, 0) is 226 Å². The van der Waals surface area contributed by atoms with E-state index in [0.717, 1.165) is 118 Å². The van der Waals surface area contributed by atoms with Crippen molar-refractivity contribution < 1.29 is 0 Å². The van der Waals surface area contributed by atoms with Crippen LogP contribution in [0.4, 0.5) is 0 Å². The summed E-state index contributed by atoms with van der Waals surface area (Å²) in [5.74, 6) is 0.656. The molecule has 24 aromatic rings. The quantitative estimate of drug-likeness (QED) is 0.0816. The molecule has 0 unspecified atom stereocenters. The number of rotatable bonds is 13. The zero-order valence-electron chi connectivity index (χ0n) is 66.5. The third-order valence-corrected chi connectivity index (χ3v) is 25.2. The highest BCUT2D eigenvalue weighted by Gasteiger charge is 2.24. The molecule has 0 saturated carbocycles. The van der Waals surface area contributed by atoms with Crippen LogP contribution in [0.3, 0.4) is 0 Å². The van der Waals surface area contributed by atoms with Crippen molar-refractivity contribution in [2.75, 3.05) is 7.05 Å². The first-order valence-electron chi connectivity index (χ1n) is 41.7. The van der Waals surface area contributed by atoms with E-state index in [1.54, 1.807) is 0 Å². The Hall–Kier alpha value is -15.9. The van der Waals surface area contributed by atoms with Crippen LogP contribution < -0.4 is 0 Å². The highest BCUT2D eigenvalue weighted by molar-refractivity contribution is 6.19. The Morgan fingerprint density at radius 1 is 0.190 bits per heavy atom. The van der Waals surface area contributed by atoms with Crippen molar-refractivity contribution in [1.29, 1.82) is 0 Å². The molecule has 0 saturated heterocycles. The molecule has 568 valence electrons. The number of hydrogen-bond donors (Lipinski definition) is 0. The van der Waals surface area contributed by atoms with E-state index in [1.165, 1.54) is 109 Å². The maximum Gasteiger partial charge on any atom is 0.154 e. The maximum atomic E-state index is 5.59. The molecule has 8 nitrogen and oxygen atoms in total. The van der Waals surface area contributed by atoms with Gasteiger partial charge >= 0.3 is 0 Å². The summed E-state index contributed by atoms with van der Waals surface area (Å²) in [7, 11) is 1.87. The molecule has 121 heavy (non-hydrogen) atoms. The zero-order valence-corrected chi connectivity index (χ0v) is 66.5. The molecule has 0 radical (unpaired) electrons. The summed E-state index contributed by atoms with van der Waals surface area (Å²) in [6.45, 7) is 2.20. The van der Waals surface area contributed by atoms with Crippen molar-refractivity contribution >= 4 is 142 Å². The van der Waals surface area contributed by atoms with Gasteiger partial charge in [0.05, 0.1) is 66.2 Å². The maximum absolute atomic E-state index is 5.59. The van der Waals surface area contributed by atoms with E-state index in [2.05, 4.69) is 447 Å². The van der Waals surface area contributed by atoms with Crippen LogP contribution in [0.15, 0.2) is 422 Å². The molecule has 0 spiro atoms. The Morgan fingerprint density at radius 2 is 0.438 bits per heavy atom. The van der Waals surface area contributed by atoms with Crippen LogP contribution in [0, 0.1) is 0 Å². The van der Waals surface area contributed by atoms with Crippen molar-refractivity contribution in [2.24, 2.45) is 9.98 Å². The highest BCUT2D eigenvalue weighted by Crippen LogP contribution is 2.45. The van der Waals surface area contributed by atoms with E-state index >= 15 is 0 Å². The smallest absolute Gasteiger partial charge is 0.154 e. The topological polar surface area (TPSA) is 54.3 Å². The van der Waals surface area contributed by atoms with Gasteiger partial charge in [0.25, 0.3) is 0 Å². The Morgan fingerprint density at radius 3 is 0.752 bits per heavy atom. The van der Waals surface area contributed by atoms with Crippen LogP contribution in [0.1, 0.15) is 24.5 Å². The number of nitrogens with zero attached hydrogens (tertiary/aromatic N) is 8. The monoisotopic (exact) mass is 1540 g/mol. The van der Waals surface area contributed by atoms with Crippen LogP contribution in [-0.4, -0.2) is 46.0 Å². The minimum absolute atomic E-state index is 0.656. The van der Waals surface area contributed by atoms with Crippen molar-refractivity contribution in [3.63, 3.8) is 0 Å². The third-order valence-electron chi connectivity index (χ3n) is 25.2. The van der Waals surface area contributed by atoms with Crippen molar-refractivity contribution in [3.05, 3.63) is 424 Å². The molecule has 0 amide bonds. The van der Waals surface area contributed by atoms with Crippen LogP contribution in [0.25, 0.3) is 209 Å². The third kappa shape index (κ3) is 11.1. The lowest BCUT2D eigenvalue weighted by Gasteiger charge is -2.13. The number of benzene rings is 18. The lowest BCUT2D eigenvalue weighted by molar-refractivity contribution is 1.17. The van der Waals surface area contributed by atoms with E-state index in [9.17, 15) is 0 Å². The minimum atomic E-state index is 0.656. The van der Waals surface area contributed by atoms with Gasteiger partial charge in [-0.15, -0.1) is 0 Å². The van der Waals surface area contributed by atoms with E-state index in [1.807, 2.05) is 7.05 Å². The average Bonchev–Trinajstić information content (AvgIpc) is 1.60. The van der Waals surface area contributed by atoms with Crippen molar-refractivity contribution in [3.8, 4) is 78.6 Å². The van der Waals surface area contributed by atoms with Gasteiger partial charge in [0, 0.05) is 117 Å². The second-order valence-corrected chi connectivity index (χ2v) is 31.8. The molecule has 0 aliphatic rings. The Labute approximate surface area is 697 Å². The van der Waals surface area contributed by atoms with Crippen LogP contribution >= 0.6 is 0 Å². The first-order valence-corrected chi connectivity index (χ1v) is 41.7. The fourth-order valence-corrected chi connectivity index (χ4v) is 19.6. The van der Waals surface area contributed by atoms with Crippen LogP contribution in [0.5, 0.6) is 0 Å². The molecule has 0 bridgehead atoms. The molecule has 0 atom stereocenters. The number of fused-ring (bicyclic) bond motifs is 18. The van der Waals surface area contributed by atoms with Gasteiger partial charge in [0.1, 0.15) is 0 Å². The lowest BCUT2D eigenvalue weighted by Crippen LogP contribution is -2.07. The van der Waals surface area contributed by atoms with Crippen molar-refractivity contribution in [2.45, 2.75) is 13.3 Å². The van der Waals surface area contributed by atoms with Gasteiger partial charge in [0.2, 0.25) is 0 Å². The number of aromatic nitrogens is 6. The first-order chi connectivity index (χ1) is 59.9. The van der Waals surface area contributed by atoms with Gasteiger partial charge in [-0.25, -0.2) is 4.99 Å². The Bertz CT molecular complexity index is 7990. The summed E-state index contributed by atoms with van der Waals surface area (Å²) in [6, 6.07) is 152. The molecule has 0 N–H and O–H groups in total. The molecule has 0 aliphatic carbocycles. The van der Waals surface area contributed by atoms with E-state index in [-0.39, 0.29) is 0 Å². The predicted octanol–water partition coefficient (Wildman–Crippen LogP) is 29.2. The fourth-order valence-electron chi connectivity index (χ4n) is 19.6. The molecular weight excluding hydrogens is 1470 g/mol. The van der Waals surface area contributed by atoms with Gasteiger partial charge in [-0.3, -0.25) is 4.99 Å². The summed E-state index contributed by atoms with van der Waals surface area (Å²) < 4.78 is 14.5. The fraction of sp³-hybridized carbons (Fsp3) is 0.0265. The molecule has 8 heteroatoms. The Balaban J connectivity index is 0.629. The molecular formula is C113H76N8. The summed E-state index contributed by atoms with van der Waals surface area (Å²) >= 11 is 0. The summed E-state index contributed by atoms with van der Waals surface area (Å²) in [5.41, 5.74) is 32.6. The summed E-state index contributed by atoms with van der Waals surface area (Å²) in [6.07, 6.45) is 0.679.